The zero-order valence-electron chi connectivity index (χ0n) is 11.5. The standard InChI is InChI=1S/C15H19NO4/c1-10(15(18)19)14(17)16-12-8-4-5-9-13(12)20-11-6-2-3-7-11/h4-5,8-11H,2-3,6-7H2,1H3,(H,16,17)(H,18,19). The molecule has 2 N–H and O–H groups in total. The molecule has 1 amide bonds. The number of carbonyl (C=O) groups is 2. The molecule has 0 heterocycles. The van der Waals surface area contributed by atoms with Crippen molar-refractivity contribution in [1.82, 2.24) is 0 Å². The predicted octanol–water partition coefficient (Wildman–Crippen LogP) is 2.67. The summed E-state index contributed by atoms with van der Waals surface area (Å²) >= 11 is 0. The lowest BCUT2D eigenvalue weighted by molar-refractivity contribution is -0.144. The summed E-state index contributed by atoms with van der Waals surface area (Å²) in [5.41, 5.74) is 0.525. The van der Waals surface area contributed by atoms with Crippen molar-refractivity contribution in [3.05, 3.63) is 24.3 Å². The Morgan fingerprint density at radius 2 is 1.95 bits per heavy atom. The summed E-state index contributed by atoms with van der Waals surface area (Å²) in [7, 11) is 0. The summed E-state index contributed by atoms with van der Waals surface area (Å²) in [5, 5.41) is 11.5. The molecule has 20 heavy (non-hydrogen) atoms. The van der Waals surface area contributed by atoms with Gasteiger partial charge in [0.15, 0.2) is 0 Å². The molecule has 1 unspecified atom stereocenters. The zero-order valence-corrected chi connectivity index (χ0v) is 11.5. The van der Waals surface area contributed by atoms with Crippen LogP contribution < -0.4 is 10.1 Å². The minimum atomic E-state index is -1.14. The molecule has 0 saturated heterocycles. The van der Waals surface area contributed by atoms with Gasteiger partial charge in [-0.3, -0.25) is 9.59 Å². The number of aliphatic carboxylic acids is 1. The molecule has 1 aromatic carbocycles. The Balaban J connectivity index is 2.07. The SMILES string of the molecule is CC(C(=O)O)C(=O)Nc1ccccc1OC1CCCC1. The van der Waals surface area contributed by atoms with Gasteiger partial charge in [-0.2, -0.15) is 0 Å². The van der Waals surface area contributed by atoms with Crippen molar-refractivity contribution < 1.29 is 19.4 Å². The van der Waals surface area contributed by atoms with Crippen LogP contribution in [0, 0.1) is 5.92 Å². The Kier molecular flexibility index (Phi) is 4.61. The van der Waals surface area contributed by atoms with Crippen LogP contribution in [0.2, 0.25) is 0 Å². The summed E-state index contributed by atoms with van der Waals surface area (Å²) in [5.74, 6) is -2.17. The van der Waals surface area contributed by atoms with Crippen LogP contribution in [0.4, 0.5) is 5.69 Å². The molecule has 1 aliphatic carbocycles. The van der Waals surface area contributed by atoms with Crippen molar-refractivity contribution >= 4 is 17.6 Å². The number of nitrogens with one attached hydrogen (secondary N) is 1. The average Bonchev–Trinajstić information content (AvgIpc) is 2.92. The van der Waals surface area contributed by atoms with E-state index in [1.807, 2.05) is 6.07 Å². The van der Waals surface area contributed by atoms with Crippen LogP contribution >= 0.6 is 0 Å². The number of carboxylic acids is 1. The smallest absolute Gasteiger partial charge is 0.315 e. The lowest BCUT2D eigenvalue weighted by atomic mass is 10.1. The Labute approximate surface area is 117 Å². The molecule has 5 heteroatoms. The van der Waals surface area contributed by atoms with Gasteiger partial charge in [-0.05, 0) is 44.7 Å². The highest BCUT2D eigenvalue weighted by molar-refractivity contribution is 6.04. The first-order chi connectivity index (χ1) is 9.58. The molecule has 0 radical (unpaired) electrons. The largest absolute Gasteiger partial charge is 0.488 e. The van der Waals surface area contributed by atoms with Crippen LogP contribution in [-0.4, -0.2) is 23.1 Å². The van der Waals surface area contributed by atoms with Gasteiger partial charge in [0.1, 0.15) is 11.7 Å². The summed E-state index contributed by atoms with van der Waals surface area (Å²) in [6, 6.07) is 7.12. The van der Waals surface area contributed by atoms with Gasteiger partial charge in [-0.25, -0.2) is 0 Å². The fourth-order valence-corrected chi connectivity index (χ4v) is 2.21. The van der Waals surface area contributed by atoms with Gasteiger partial charge in [-0.15, -0.1) is 0 Å². The van der Waals surface area contributed by atoms with E-state index in [2.05, 4.69) is 5.32 Å². The van der Waals surface area contributed by atoms with Gasteiger partial charge in [-0.1, -0.05) is 12.1 Å². The number of carbonyl (C=O) groups excluding carboxylic acids is 1. The minimum Gasteiger partial charge on any atom is -0.488 e. The summed E-state index contributed by atoms with van der Waals surface area (Å²) in [6.07, 6.45) is 4.55. The van der Waals surface area contributed by atoms with Gasteiger partial charge in [0.2, 0.25) is 5.91 Å². The van der Waals surface area contributed by atoms with Crippen molar-refractivity contribution in [3.63, 3.8) is 0 Å². The highest BCUT2D eigenvalue weighted by Crippen LogP contribution is 2.29. The Morgan fingerprint density at radius 3 is 2.60 bits per heavy atom. The third-order valence-electron chi connectivity index (χ3n) is 3.50. The number of amides is 1. The fraction of sp³-hybridized carbons (Fsp3) is 0.467. The second-order valence-corrected chi connectivity index (χ2v) is 5.07. The molecule has 1 saturated carbocycles. The second-order valence-electron chi connectivity index (χ2n) is 5.07. The molecule has 0 spiro atoms. The maximum atomic E-state index is 11.8. The van der Waals surface area contributed by atoms with Crippen LogP contribution in [-0.2, 0) is 9.59 Å². The monoisotopic (exact) mass is 277 g/mol. The number of hydrogen-bond acceptors (Lipinski definition) is 3. The van der Waals surface area contributed by atoms with Gasteiger partial charge < -0.3 is 15.2 Å². The van der Waals surface area contributed by atoms with Crippen LogP contribution in [0.1, 0.15) is 32.6 Å². The highest BCUT2D eigenvalue weighted by atomic mass is 16.5. The van der Waals surface area contributed by atoms with Crippen LogP contribution in [0.5, 0.6) is 5.75 Å². The first-order valence-corrected chi connectivity index (χ1v) is 6.87. The van der Waals surface area contributed by atoms with E-state index in [0.29, 0.717) is 11.4 Å². The summed E-state index contributed by atoms with van der Waals surface area (Å²) < 4.78 is 5.89. The van der Waals surface area contributed by atoms with E-state index in [-0.39, 0.29) is 6.10 Å². The molecule has 0 aromatic heterocycles. The fourth-order valence-electron chi connectivity index (χ4n) is 2.21. The molecular weight excluding hydrogens is 258 g/mol. The summed E-state index contributed by atoms with van der Waals surface area (Å²) in [4.78, 5) is 22.6. The lowest BCUT2D eigenvalue weighted by Gasteiger charge is -2.17. The van der Waals surface area contributed by atoms with E-state index in [9.17, 15) is 9.59 Å². The number of carboxylic acid groups (broad SMARTS) is 1. The maximum absolute atomic E-state index is 11.8. The molecular formula is C15H19NO4. The van der Waals surface area contributed by atoms with Crippen LogP contribution in [0.3, 0.4) is 0 Å². The molecule has 0 bridgehead atoms. The minimum absolute atomic E-state index is 0.185. The predicted molar refractivity (Wildman–Crippen MR) is 74.8 cm³/mol. The van der Waals surface area contributed by atoms with E-state index in [0.717, 1.165) is 25.7 Å². The van der Waals surface area contributed by atoms with E-state index in [1.54, 1.807) is 18.2 Å². The summed E-state index contributed by atoms with van der Waals surface area (Å²) in [6.45, 7) is 1.36. The first-order valence-electron chi connectivity index (χ1n) is 6.87. The van der Waals surface area contributed by atoms with Crippen molar-refractivity contribution in [1.29, 1.82) is 0 Å². The number of ether oxygens (including phenoxy) is 1. The van der Waals surface area contributed by atoms with Gasteiger partial charge in [0, 0.05) is 0 Å². The van der Waals surface area contributed by atoms with E-state index in [1.165, 1.54) is 6.92 Å². The van der Waals surface area contributed by atoms with Gasteiger partial charge >= 0.3 is 5.97 Å². The Hall–Kier alpha value is -2.04. The topological polar surface area (TPSA) is 75.6 Å². The Morgan fingerprint density at radius 1 is 1.30 bits per heavy atom. The molecule has 5 nitrogen and oxygen atoms in total. The second kappa shape index (κ2) is 6.41. The number of para-hydroxylation sites is 2. The third kappa shape index (κ3) is 3.50. The van der Waals surface area contributed by atoms with E-state index < -0.39 is 17.8 Å². The van der Waals surface area contributed by atoms with Crippen molar-refractivity contribution in [2.75, 3.05) is 5.32 Å². The van der Waals surface area contributed by atoms with Crippen molar-refractivity contribution in [3.8, 4) is 5.75 Å². The van der Waals surface area contributed by atoms with Crippen LogP contribution in [0.15, 0.2) is 24.3 Å². The zero-order chi connectivity index (χ0) is 14.5. The number of rotatable bonds is 5. The molecule has 0 aliphatic heterocycles. The molecule has 1 aliphatic rings. The molecule has 2 rings (SSSR count). The van der Waals surface area contributed by atoms with Gasteiger partial charge in [0.25, 0.3) is 0 Å². The number of hydrogen-bond donors (Lipinski definition) is 2. The molecule has 108 valence electrons. The normalized spacial score (nSPS) is 16.6. The molecule has 1 aromatic rings. The quantitative estimate of drug-likeness (QED) is 0.811. The van der Waals surface area contributed by atoms with Crippen molar-refractivity contribution in [2.45, 2.75) is 38.7 Å². The van der Waals surface area contributed by atoms with Crippen LogP contribution in [0.25, 0.3) is 0 Å². The highest BCUT2D eigenvalue weighted by Gasteiger charge is 2.22. The van der Waals surface area contributed by atoms with Gasteiger partial charge in [0.05, 0.1) is 11.8 Å². The molecule has 1 atom stereocenters. The number of anilines is 1. The number of benzene rings is 1. The Bertz CT molecular complexity index is 494. The van der Waals surface area contributed by atoms with Crippen molar-refractivity contribution in [2.24, 2.45) is 5.92 Å². The molecule has 1 fully saturated rings. The van der Waals surface area contributed by atoms with E-state index in [4.69, 9.17) is 9.84 Å². The average molecular weight is 277 g/mol. The van der Waals surface area contributed by atoms with E-state index >= 15 is 0 Å². The first kappa shape index (κ1) is 14.4. The third-order valence-corrected chi connectivity index (χ3v) is 3.50. The lowest BCUT2D eigenvalue weighted by Crippen LogP contribution is -2.27. The maximum Gasteiger partial charge on any atom is 0.315 e.